The molecule has 2 heterocycles. The lowest BCUT2D eigenvalue weighted by Gasteiger charge is -2.26. The number of H-pyrrole nitrogens is 1. The van der Waals surface area contributed by atoms with Crippen LogP contribution in [0.2, 0.25) is 0 Å². The normalized spacial score (nSPS) is 17.9. The third-order valence-electron chi connectivity index (χ3n) is 1.89. The zero-order valence-corrected chi connectivity index (χ0v) is 7.06. The summed E-state index contributed by atoms with van der Waals surface area (Å²) in [5.74, 6) is -0.0103. The molecule has 1 saturated heterocycles. The molecule has 1 aromatic heterocycles. The van der Waals surface area contributed by atoms with Gasteiger partial charge in [0.1, 0.15) is 11.8 Å². The van der Waals surface area contributed by atoms with Gasteiger partial charge in [-0.05, 0) is 0 Å². The van der Waals surface area contributed by atoms with Crippen molar-refractivity contribution in [1.29, 1.82) is 0 Å². The highest BCUT2D eigenvalue weighted by molar-refractivity contribution is 5.17. The van der Waals surface area contributed by atoms with Crippen molar-refractivity contribution in [1.82, 2.24) is 15.5 Å². The van der Waals surface area contributed by atoms with Crippen LogP contribution in [0.3, 0.4) is 0 Å². The molecule has 0 atom stereocenters. The van der Waals surface area contributed by atoms with Crippen molar-refractivity contribution in [3.8, 4) is 5.88 Å². The van der Waals surface area contributed by atoms with Gasteiger partial charge in [0.25, 0.3) is 0 Å². The molecule has 0 saturated carbocycles. The number of halogens is 3. The number of alkyl halides is 3. The monoisotopic (exact) mass is 207 g/mol. The van der Waals surface area contributed by atoms with Gasteiger partial charge in [0.05, 0.1) is 0 Å². The Morgan fingerprint density at radius 3 is 2.57 bits per heavy atom. The zero-order valence-electron chi connectivity index (χ0n) is 7.06. The number of hydrogen-bond acceptors (Lipinski definition) is 3. The van der Waals surface area contributed by atoms with Crippen molar-refractivity contribution in [2.24, 2.45) is 0 Å². The first-order valence-electron chi connectivity index (χ1n) is 4.05. The molecule has 2 N–H and O–H groups in total. The standard InChI is InChI=1S/C7H8F3N3O/c8-7(9,10)5-1-6(13-12-5)14-4-2-11-3-4/h1,4,11H,2-3H2,(H,12,13). The molecule has 14 heavy (non-hydrogen) atoms. The number of hydrogen-bond donors (Lipinski definition) is 2. The van der Waals surface area contributed by atoms with Crippen LogP contribution in [0.4, 0.5) is 13.2 Å². The Hall–Kier alpha value is -1.24. The average Bonchev–Trinajstić information content (AvgIpc) is 2.43. The Balaban J connectivity index is 2.02. The van der Waals surface area contributed by atoms with E-state index in [1.165, 1.54) is 0 Å². The molecule has 0 amide bonds. The lowest BCUT2D eigenvalue weighted by atomic mass is 10.2. The van der Waals surface area contributed by atoms with Gasteiger partial charge in [-0.25, -0.2) is 0 Å². The Kier molecular flexibility index (Phi) is 2.10. The van der Waals surface area contributed by atoms with Gasteiger partial charge < -0.3 is 10.1 Å². The van der Waals surface area contributed by atoms with Crippen LogP contribution in [0.5, 0.6) is 5.88 Å². The Bertz CT molecular complexity index is 318. The van der Waals surface area contributed by atoms with E-state index >= 15 is 0 Å². The lowest BCUT2D eigenvalue weighted by Crippen LogP contribution is -2.50. The van der Waals surface area contributed by atoms with Gasteiger partial charge in [0.2, 0.25) is 5.88 Å². The van der Waals surface area contributed by atoms with Crippen molar-refractivity contribution in [2.75, 3.05) is 13.1 Å². The number of aromatic amines is 1. The van der Waals surface area contributed by atoms with E-state index in [0.717, 1.165) is 6.07 Å². The van der Waals surface area contributed by atoms with E-state index in [0.29, 0.717) is 13.1 Å². The fourth-order valence-corrected chi connectivity index (χ4v) is 1.03. The molecule has 78 valence electrons. The first kappa shape index (κ1) is 9.32. The Morgan fingerprint density at radius 2 is 2.14 bits per heavy atom. The summed E-state index contributed by atoms with van der Waals surface area (Å²) in [7, 11) is 0. The van der Waals surface area contributed by atoms with Crippen LogP contribution in [-0.2, 0) is 6.18 Å². The van der Waals surface area contributed by atoms with Crippen LogP contribution < -0.4 is 10.1 Å². The summed E-state index contributed by atoms with van der Waals surface area (Å²) < 4.78 is 41.4. The molecule has 0 unspecified atom stereocenters. The lowest BCUT2D eigenvalue weighted by molar-refractivity contribution is -0.141. The van der Waals surface area contributed by atoms with E-state index in [9.17, 15) is 13.2 Å². The molecule has 1 aromatic rings. The Labute approximate surface area is 77.4 Å². The average molecular weight is 207 g/mol. The highest BCUT2D eigenvalue weighted by atomic mass is 19.4. The molecule has 1 aliphatic rings. The van der Waals surface area contributed by atoms with E-state index < -0.39 is 11.9 Å². The Morgan fingerprint density at radius 1 is 1.43 bits per heavy atom. The molecule has 0 bridgehead atoms. The number of aromatic nitrogens is 2. The van der Waals surface area contributed by atoms with Crippen LogP contribution in [0.15, 0.2) is 6.07 Å². The number of nitrogens with zero attached hydrogens (tertiary/aromatic N) is 1. The van der Waals surface area contributed by atoms with E-state index in [1.807, 2.05) is 5.10 Å². The van der Waals surface area contributed by atoms with Gasteiger partial charge in [0, 0.05) is 19.2 Å². The predicted molar refractivity (Wildman–Crippen MR) is 40.9 cm³/mol. The maximum Gasteiger partial charge on any atom is 0.432 e. The fourth-order valence-electron chi connectivity index (χ4n) is 1.03. The maximum absolute atomic E-state index is 12.1. The van der Waals surface area contributed by atoms with E-state index in [2.05, 4.69) is 10.4 Å². The quantitative estimate of drug-likeness (QED) is 0.753. The van der Waals surface area contributed by atoms with Crippen LogP contribution >= 0.6 is 0 Å². The minimum absolute atomic E-state index is 0.0103. The largest absolute Gasteiger partial charge is 0.471 e. The first-order valence-corrected chi connectivity index (χ1v) is 4.05. The SMILES string of the molecule is FC(F)(F)c1cc(OC2CNC2)n[nH]1. The minimum Gasteiger partial charge on any atom is -0.471 e. The molecular weight excluding hydrogens is 199 g/mol. The van der Waals surface area contributed by atoms with Crippen molar-refractivity contribution in [3.05, 3.63) is 11.8 Å². The van der Waals surface area contributed by atoms with E-state index in [-0.39, 0.29) is 12.0 Å². The van der Waals surface area contributed by atoms with Gasteiger partial charge in [-0.15, -0.1) is 5.10 Å². The third kappa shape index (κ3) is 1.82. The molecule has 0 radical (unpaired) electrons. The van der Waals surface area contributed by atoms with Crippen molar-refractivity contribution in [3.63, 3.8) is 0 Å². The van der Waals surface area contributed by atoms with Gasteiger partial charge >= 0.3 is 6.18 Å². The summed E-state index contributed by atoms with van der Waals surface area (Å²) in [6.45, 7) is 1.29. The molecular formula is C7H8F3N3O. The fraction of sp³-hybridized carbons (Fsp3) is 0.571. The van der Waals surface area contributed by atoms with Crippen molar-refractivity contribution < 1.29 is 17.9 Å². The summed E-state index contributed by atoms with van der Waals surface area (Å²) in [5, 5.41) is 8.22. The molecule has 0 aromatic carbocycles. The smallest absolute Gasteiger partial charge is 0.432 e. The summed E-state index contributed by atoms with van der Waals surface area (Å²) >= 11 is 0. The zero-order chi connectivity index (χ0) is 10.2. The number of nitrogens with one attached hydrogen (secondary N) is 2. The minimum atomic E-state index is -4.40. The maximum atomic E-state index is 12.1. The second-order valence-electron chi connectivity index (χ2n) is 3.02. The molecule has 1 aliphatic heterocycles. The number of ether oxygens (including phenoxy) is 1. The molecule has 7 heteroatoms. The third-order valence-corrected chi connectivity index (χ3v) is 1.89. The van der Waals surface area contributed by atoms with E-state index in [1.54, 1.807) is 0 Å². The van der Waals surface area contributed by atoms with Gasteiger partial charge in [-0.2, -0.15) is 13.2 Å². The predicted octanol–water partition coefficient (Wildman–Crippen LogP) is 0.779. The molecule has 4 nitrogen and oxygen atoms in total. The van der Waals surface area contributed by atoms with Gasteiger partial charge in [-0.3, -0.25) is 5.10 Å². The summed E-state index contributed by atoms with van der Waals surface area (Å²) in [6, 6.07) is 0.859. The second-order valence-corrected chi connectivity index (χ2v) is 3.02. The van der Waals surface area contributed by atoms with E-state index in [4.69, 9.17) is 4.74 Å². The molecule has 2 rings (SSSR count). The molecule has 0 aliphatic carbocycles. The summed E-state index contributed by atoms with van der Waals surface area (Å²) in [4.78, 5) is 0. The summed E-state index contributed by atoms with van der Waals surface area (Å²) in [5.41, 5.74) is -0.889. The highest BCUT2D eigenvalue weighted by Gasteiger charge is 2.33. The van der Waals surface area contributed by atoms with Crippen molar-refractivity contribution in [2.45, 2.75) is 12.3 Å². The van der Waals surface area contributed by atoms with Crippen LogP contribution in [0, 0.1) is 0 Å². The van der Waals surface area contributed by atoms with Gasteiger partial charge in [-0.1, -0.05) is 0 Å². The van der Waals surface area contributed by atoms with Crippen LogP contribution in [0.25, 0.3) is 0 Å². The topological polar surface area (TPSA) is 49.9 Å². The second kappa shape index (κ2) is 3.16. The first-order chi connectivity index (χ1) is 6.55. The molecule has 1 fully saturated rings. The summed E-state index contributed by atoms with van der Waals surface area (Å²) in [6.07, 6.45) is -4.47. The van der Waals surface area contributed by atoms with Crippen LogP contribution in [-0.4, -0.2) is 29.4 Å². The number of rotatable bonds is 2. The van der Waals surface area contributed by atoms with Gasteiger partial charge in [0.15, 0.2) is 0 Å². The van der Waals surface area contributed by atoms with Crippen LogP contribution in [0.1, 0.15) is 5.69 Å². The van der Waals surface area contributed by atoms with Crippen molar-refractivity contribution >= 4 is 0 Å². The highest BCUT2D eigenvalue weighted by Crippen LogP contribution is 2.29. The molecule has 0 spiro atoms.